The highest BCUT2D eigenvalue weighted by molar-refractivity contribution is 5.68. The molecule has 1 aromatic rings. The van der Waals surface area contributed by atoms with E-state index in [1.165, 1.54) is 5.56 Å². The normalized spacial score (nSPS) is 21.0. The maximum absolute atomic E-state index is 12.7. The number of carbonyl (C=O) groups is 1. The first-order chi connectivity index (χ1) is 12.7. The van der Waals surface area contributed by atoms with Crippen molar-refractivity contribution < 1.29 is 14.3 Å². The number of anilines is 1. The molecule has 3 rings (SSSR count). The van der Waals surface area contributed by atoms with Crippen LogP contribution >= 0.6 is 0 Å². The van der Waals surface area contributed by atoms with Crippen LogP contribution in [0.15, 0.2) is 12.1 Å². The number of ether oxygens (including phenoxy) is 2. The zero-order valence-corrected chi connectivity index (χ0v) is 17.3. The van der Waals surface area contributed by atoms with Crippen LogP contribution in [0, 0.1) is 5.92 Å². The monoisotopic (exact) mass is 375 g/mol. The van der Waals surface area contributed by atoms with E-state index in [4.69, 9.17) is 14.5 Å². The molecule has 1 atom stereocenters. The predicted octanol–water partition coefficient (Wildman–Crippen LogP) is 3.45. The minimum absolute atomic E-state index is 0.205. The van der Waals surface area contributed by atoms with Crippen LogP contribution in [0.25, 0.3) is 0 Å². The number of rotatable bonds is 2. The van der Waals surface area contributed by atoms with Gasteiger partial charge in [-0.1, -0.05) is 19.9 Å². The molecule has 2 aliphatic rings. The van der Waals surface area contributed by atoms with Crippen molar-refractivity contribution in [1.82, 2.24) is 9.88 Å². The number of hydrogen-bond donors (Lipinski definition) is 0. The molecule has 0 aromatic carbocycles. The molecule has 1 saturated heterocycles. The lowest BCUT2D eigenvalue weighted by Gasteiger charge is -2.31. The summed E-state index contributed by atoms with van der Waals surface area (Å²) in [6.07, 6.45) is 0.586. The van der Waals surface area contributed by atoms with Gasteiger partial charge in [0.15, 0.2) is 0 Å². The highest BCUT2D eigenvalue weighted by Gasteiger charge is 2.32. The van der Waals surface area contributed by atoms with Gasteiger partial charge in [-0.3, -0.25) is 0 Å². The molecular formula is C21H33N3O3. The Morgan fingerprint density at radius 1 is 1.22 bits per heavy atom. The summed E-state index contributed by atoms with van der Waals surface area (Å²) in [7, 11) is 0. The van der Waals surface area contributed by atoms with E-state index in [1.54, 1.807) is 0 Å². The van der Waals surface area contributed by atoms with Crippen molar-refractivity contribution in [2.45, 2.75) is 52.6 Å². The number of morpholine rings is 1. The Kier molecular flexibility index (Phi) is 5.94. The average Bonchev–Trinajstić information content (AvgIpc) is 2.80. The van der Waals surface area contributed by atoms with Gasteiger partial charge in [-0.25, -0.2) is 9.78 Å². The summed E-state index contributed by atoms with van der Waals surface area (Å²) >= 11 is 0. The number of hydrogen-bond acceptors (Lipinski definition) is 5. The van der Waals surface area contributed by atoms with Crippen LogP contribution in [0.2, 0.25) is 0 Å². The second-order valence-electron chi connectivity index (χ2n) is 8.84. The third kappa shape index (κ3) is 4.92. The summed E-state index contributed by atoms with van der Waals surface area (Å²) in [5.41, 5.74) is 1.91. The molecule has 3 heterocycles. The number of pyridine rings is 1. The average molecular weight is 376 g/mol. The van der Waals surface area contributed by atoms with Crippen molar-refractivity contribution in [3.63, 3.8) is 0 Å². The standard InChI is InChI=1S/C21H33N3O3/c1-15(2)17-14-24(20(25)27-21(3,4)5)9-8-16-6-7-18(22-19(16)17)23-10-12-26-13-11-23/h6-7,15,17H,8-14H2,1-5H3. The summed E-state index contributed by atoms with van der Waals surface area (Å²) in [5.74, 6) is 1.61. The molecular weight excluding hydrogens is 342 g/mol. The van der Waals surface area contributed by atoms with Gasteiger partial charge in [-0.2, -0.15) is 0 Å². The summed E-state index contributed by atoms with van der Waals surface area (Å²) in [4.78, 5) is 21.9. The highest BCUT2D eigenvalue weighted by Crippen LogP contribution is 2.32. The lowest BCUT2D eigenvalue weighted by molar-refractivity contribution is 0.0238. The van der Waals surface area contributed by atoms with Gasteiger partial charge >= 0.3 is 6.09 Å². The fourth-order valence-corrected chi connectivity index (χ4v) is 3.68. The number of fused-ring (bicyclic) bond motifs is 1. The second kappa shape index (κ2) is 8.05. The van der Waals surface area contributed by atoms with Crippen LogP contribution in [0.5, 0.6) is 0 Å². The number of aromatic nitrogens is 1. The molecule has 0 spiro atoms. The van der Waals surface area contributed by atoms with Gasteiger partial charge in [0, 0.05) is 32.1 Å². The van der Waals surface area contributed by atoms with E-state index in [1.807, 2.05) is 25.7 Å². The van der Waals surface area contributed by atoms with E-state index in [2.05, 4.69) is 30.9 Å². The van der Waals surface area contributed by atoms with Crippen molar-refractivity contribution in [2.75, 3.05) is 44.3 Å². The lowest BCUT2D eigenvalue weighted by atomic mass is 9.89. The van der Waals surface area contributed by atoms with Gasteiger partial charge in [0.1, 0.15) is 11.4 Å². The van der Waals surface area contributed by atoms with Crippen molar-refractivity contribution in [3.05, 3.63) is 23.4 Å². The van der Waals surface area contributed by atoms with Gasteiger partial charge in [0.25, 0.3) is 0 Å². The van der Waals surface area contributed by atoms with Crippen LogP contribution < -0.4 is 4.90 Å². The molecule has 1 unspecified atom stereocenters. The zero-order chi connectivity index (χ0) is 19.6. The van der Waals surface area contributed by atoms with Gasteiger partial charge in [-0.15, -0.1) is 0 Å². The first-order valence-corrected chi connectivity index (χ1v) is 10.0. The molecule has 27 heavy (non-hydrogen) atoms. The third-order valence-electron chi connectivity index (χ3n) is 5.21. The van der Waals surface area contributed by atoms with Crippen LogP contribution in [0.4, 0.5) is 10.6 Å². The number of nitrogens with zero attached hydrogens (tertiary/aromatic N) is 3. The third-order valence-corrected chi connectivity index (χ3v) is 5.21. The fourth-order valence-electron chi connectivity index (χ4n) is 3.68. The lowest BCUT2D eigenvalue weighted by Crippen LogP contribution is -2.40. The SMILES string of the molecule is CC(C)C1CN(C(=O)OC(C)(C)C)CCc2ccc(N3CCOCC3)nc21. The molecule has 1 amide bonds. The van der Waals surface area contributed by atoms with Gasteiger partial charge in [-0.05, 0) is 44.7 Å². The Bertz CT molecular complexity index is 663. The minimum atomic E-state index is -0.481. The Hall–Kier alpha value is -1.82. The molecule has 1 fully saturated rings. The summed E-state index contributed by atoms with van der Waals surface area (Å²) in [5, 5.41) is 0. The molecule has 1 aromatic heterocycles. The number of amides is 1. The Labute approximate surface area is 162 Å². The van der Waals surface area contributed by atoms with Crippen molar-refractivity contribution in [3.8, 4) is 0 Å². The first-order valence-electron chi connectivity index (χ1n) is 10.0. The van der Waals surface area contributed by atoms with E-state index in [9.17, 15) is 4.79 Å². The van der Waals surface area contributed by atoms with Crippen LogP contribution in [-0.4, -0.2) is 61.0 Å². The van der Waals surface area contributed by atoms with E-state index in [-0.39, 0.29) is 12.0 Å². The quantitative estimate of drug-likeness (QED) is 0.792. The van der Waals surface area contributed by atoms with Crippen LogP contribution in [0.1, 0.15) is 51.8 Å². The molecule has 0 N–H and O–H groups in total. The smallest absolute Gasteiger partial charge is 0.410 e. The molecule has 6 heteroatoms. The molecule has 150 valence electrons. The van der Waals surface area contributed by atoms with E-state index in [0.29, 0.717) is 19.0 Å². The van der Waals surface area contributed by atoms with E-state index < -0.39 is 5.60 Å². The maximum atomic E-state index is 12.7. The Morgan fingerprint density at radius 3 is 2.56 bits per heavy atom. The van der Waals surface area contributed by atoms with Crippen molar-refractivity contribution in [2.24, 2.45) is 5.92 Å². The molecule has 0 saturated carbocycles. The van der Waals surface area contributed by atoms with Gasteiger partial charge in [0.2, 0.25) is 0 Å². The fraction of sp³-hybridized carbons (Fsp3) is 0.714. The van der Waals surface area contributed by atoms with Gasteiger partial charge < -0.3 is 19.3 Å². The molecule has 6 nitrogen and oxygen atoms in total. The first kappa shape index (κ1) is 19.9. The topological polar surface area (TPSA) is 54.9 Å². The Morgan fingerprint density at radius 2 is 1.93 bits per heavy atom. The predicted molar refractivity (Wildman–Crippen MR) is 106 cm³/mol. The van der Waals surface area contributed by atoms with Crippen molar-refractivity contribution >= 4 is 11.9 Å². The molecule has 0 bridgehead atoms. The van der Waals surface area contributed by atoms with E-state index in [0.717, 1.165) is 44.2 Å². The van der Waals surface area contributed by atoms with Crippen LogP contribution in [-0.2, 0) is 15.9 Å². The van der Waals surface area contributed by atoms with Crippen LogP contribution in [0.3, 0.4) is 0 Å². The molecule has 0 aliphatic carbocycles. The summed E-state index contributed by atoms with van der Waals surface area (Å²) in [6.45, 7) is 14.7. The molecule has 0 radical (unpaired) electrons. The van der Waals surface area contributed by atoms with E-state index >= 15 is 0 Å². The second-order valence-corrected chi connectivity index (χ2v) is 8.84. The maximum Gasteiger partial charge on any atom is 0.410 e. The van der Waals surface area contributed by atoms with Crippen molar-refractivity contribution in [1.29, 1.82) is 0 Å². The Balaban J connectivity index is 1.85. The number of carbonyl (C=O) groups excluding carboxylic acids is 1. The molecule has 2 aliphatic heterocycles. The zero-order valence-electron chi connectivity index (χ0n) is 17.3. The minimum Gasteiger partial charge on any atom is -0.444 e. The highest BCUT2D eigenvalue weighted by atomic mass is 16.6. The van der Waals surface area contributed by atoms with Gasteiger partial charge in [0.05, 0.1) is 18.9 Å². The summed E-state index contributed by atoms with van der Waals surface area (Å²) in [6, 6.07) is 4.31. The summed E-state index contributed by atoms with van der Waals surface area (Å²) < 4.78 is 11.1. The largest absolute Gasteiger partial charge is 0.444 e.